The van der Waals surface area contributed by atoms with Crippen LogP contribution in [0, 0.1) is 13.8 Å². The van der Waals surface area contributed by atoms with Gasteiger partial charge in [0.2, 0.25) is 11.9 Å². The Bertz CT molecular complexity index is 907. The molecule has 4 rings (SSSR count). The lowest BCUT2D eigenvalue weighted by Crippen LogP contribution is -2.50. The molecule has 0 spiro atoms. The van der Waals surface area contributed by atoms with Gasteiger partial charge in [0, 0.05) is 37.6 Å². The number of benzene rings is 2. The van der Waals surface area contributed by atoms with E-state index in [2.05, 4.69) is 14.9 Å². The predicted molar refractivity (Wildman–Crippen MR) is 115 cm³/mol. The fourth-order valence-electron chi connectivity index (χ4n) is 3.93. The minimum atomic E-state index is -0.276. The Kier molecular flexibility index (Phi) is 5.56. The van der Waals surface area contributed by atoms with Crippen LogP contribution in [0.15, 0.2) is 66.7 Å². The number of carbonyl (C=O) groups is 1. The van der Waals surface area contributed by atoms with Gasteiger partial charge >= 0.3 is 0 Å². The first-order valence-electron chi connectivity index (χ1n) is 10.1. The molecule has 2 aromatic carbocycles. The fourth-order valence-corrected chi connectivity index (χ4v) is 3.93. The van der Waals surface area contributed by atoms with Crippen LogP contribution in [0.4, 0.5) is 5.95 Å². The second-order valence-corrected chi connectivity index (χ2v) is 7.52. The first kappa shape index (κ1) is 19.1. The molecule has 148 valence electrons. The largest absolute Gasteiger partial charge is 0.338 e. The summed E-state index contributed by atoms with van der Waals surface area (Å²) in [6.45, 7) is 6.80. The standard InChI is InChI=1S/C24H26N4O/c1-18-17-19(2)26-24(25-18)28-15-13-27(14-16-28)23(29)22(20-9-5-3-6-10-20)21-11-7-4-8-12-21/h3-12,17,22H,13-16H2,1-2H3. The van der Waals surface area contributed by atoms with Crippen LogP contribution in [0.5, 0.6) is 0 Å². The molecule has 0 unspecified atom stereocenters. The molecule has 2 heterocycles. The number of hydrogen-bond acceptors (Lipinski definition) is 4. The van der Waals surface area contributed by atoms with Crippen LogP contribution in [0.2, 0.25) is 0 Å². The fraction of sp³-hybridized carbons (Fsp3) is 0.292. The van der Waals surface area contributed by atoms with Crippen molar-refractivity contribution in [3.05, 3.63) is 89.2 Å². The van der Waals surface area contributed by atoms with E-state index in [9.17, 15) is 4.79 Å². The summed E-state index contributed by atoms with van der Waals surface area (Å²) in [6.07, 6.45) is 0. The zero-order valence-corrected chi connectivity index (χ0v) is 17.0. The van der Waals surface area contributed by atoms with Gasteiger partial charge in [0.1, 0.15) is 0 Å². The Hall–Kier alpha value is -3.21. The van der Waals surface area contributed by atoms with Crippen molar-refractivity contribution in [2.75, 3.05) is 31.1 Å². The highest BCUT2D eigenvalue weighted by atomic mass is 16.2. The van der Waals surface area contributed by atoms with Crippen molar-refractivity contribution >= 4 is 11.9 Å². The van der Waals surface area contributed by atoms with Crippen molar-refractivity contribution in [1.82, 2.24) is 14.9 Å². The highest BCUT2D eigenvalue weighted by Crippen LogP contribution is 2.27. The van der Waals surface area contributed by atoms with Gasteiger partial charge in [-0.3, -0.25) is 4.79 Å². The highest BCUT2D eigenvalue weighted by molar-refractivity contribution is 5.87. The van der Waals surface area contributed by atoms with Gasteiger partial charge in [-0.25, -0.2) is 9.97 Å². The van der Waals surface area contributed by atoms with Crippen LogP contribution in [-0.2, 0) is 4.79 Å². The first-order chi connectivity index (χ1) is 14.1. The lowest BCUT2D eigenvalue weighted by molar-refractivity contribution is -0.132. The number of nitrogens with zero attached hydrogens (tertiary/aromatic N) is 4. The smallest absolute Gasteiger partial charge is 0.234 e. The summed E-state index contributed by atoms with van der Waals surface area (Å²) in [5.41, 5.74) is 4.01. The number of rotatable bonds is 4. The summed E-state index contributed by atoms with van der Waals surface area (Å²) in [5, 5.41) is 0. The van der Waals surface area contributed by atoms with Crippen LogP contribution < -0.4 is 4.90 Å². The predicted octanol–water partition coefficient (Wildman–Crippen LogP) is 3.57. The third-order valence-electron chi connectivity index (χ3n) is 5.36. The molecule has 0 saturated carbocycles. The Morgan fingerprint density at radius 1 is 0.793 bits per heavy atom. The van der Waals surface area contributed by atoms with E-state index in [-0.39, 0.29) is 11.8 Å². The van der Waals surface area contributed by atoms with Crippen molar-refractivity contribution in [3.8, 4) is 0 Å². The number of anilines is 1. The molecule has 5 heteroatoms. The molecular formula is C24H26N4O. The van der Waals surface area contributed by atoms with E-state index >= 15 is 0 Å². The van der Waals surface area contributed by atoms with E-state index in [1.54, 1.807) is 0 Å². The summed E-state index contributed by atoms with van der Waals surface area (Å²) in [5.74, 6) is 0.641. The number of hydrogen-bond donors (Lipinski definition) is 0. The quantitative estimate of drug-likeness (QED) is 0.688. The molecule has 1 saturated heterocycles. The maximum atomic E-state index is 13.5. The topological polar surface area (TPSA) is 49.3 Å². The Balaban J connectivity index is 1.52. The summed E-state index contributed by atoms with van der Waals surface area (Å²) >= 11 is 0. The number of aryl methyl sites for hydroxylation is 2. The molecular weight excluding hydrogens is 360 g/mol. The van der Waals surface area contributed by atoms with Crippen molar-refractivity contribution in [1.29, 1.82) is 0 Å². The first-order valence-corrected chi connectivity index (χ1v) is 10.1. The third kappa shape index (κ3) is 4.29. The van der Waals surface area contributed by atoms with Gasteiger partial charge in [-0.05, 0) is 31.0 Å². The number of aromatic nitrogens is 2. The molecule has 29 heavy (non-hydrogen) atoms. The van der Waals surface area contributed by atoms with E-state index in [0.29, 0.717) is 13.1 Å². The number of amides is 1. The van der Waals surface area contributed by atoms with Crippen LogP contribution in [0.3, 0.4) is 0 Å². The lowest BCUT2D eigenvalue weighted by Gasteiger charge is -2.36. The van der Waals surface area contributed by atoms with Gasteiger partial charge in [0.25, 0.3) is 0 Å². The SMILES string of the molecule is Cc1cc(C)nc(N2CCN(C(=O)C(c3ccccc3)c3ccccc3)CC2)n1. The molecule has 0 radical (unpaired) electrons. The molecule has 1 aliphatic rings. The second kappa shape index (κ2) is 8.43. The zero-order chi connectivity index (χ0) is 20.2. The molecule has 0 aliphatic carbocycles. The summed E-state index contributed by atoms with van der Waals surface area (Å²) < 4.78 is 0. The Morgan fingerprint density at radius 2 is 1.28 bits per heavy atom. The maximum Gasteiger partial charge on any atom is 0.234 e. The molecule has 0 atom stereocenters. The molecule has 1 fully saturated rings. The zero-order valence-electron chi connectivity index (χ0n) is 17.0. The summed E-state index contributed by atoms with van der Waals surface area (Å²) in [6, 6.07) is 22.1. The molecule has 0 N–H and O–H groups in total. The Labute approximate surface area is 172 Å². The van der Waals surface area contributed by atoms with Crippen LogP contribution >= 0.6 is 0 Å². The van der Waals surface area contributed by atoms with E-state index in [4.69, 9.17) is 0 Å². The van der Waals surface area contributed by atoms with E-state index in [1.165, 1.54) is 0 Å². The second-order valence-electron chi connectivity index (χ2n) is 7.52. The summed E-state index contributed by atoms with van der Waals surface area (Å²) in [4.78, 5) is 26.8. The van der Waals surface area contributed by atoms with E-state index in [0.717, 1.165) is 41.6 Å². The van der Waals surface area contributed by atoms with Crippen LogP contribution in [0.1, 0.15) is 28.4 Å². The highest BCUT2D eigenvalue weighted by Gasteiger charge is 2.30. The number of piperazine rings is 1. The van der Waals surface area contributed by atoms with Gasteiger partial charge in [-0.15, -0.1) is 0 Å². The molecule has 1 amide bonds. The van der Waals surface area contributed by atoms with Gasteiger partial charge in [-0.2, -0.15) is 0 Å². The minimum absolute atomic E-state index is 0.156. The maximum absolute atomic E-state index is 13.5. The van der Waals surface area contributed by atoms with Crippen molar-refractivity contribution in [2.45, 2.75) is 19.8 Å². The molecule has 5 nitrogen and oxygen atoms in total. The third-order valence-corrected chi connectivity index (χ3v) is 5.36. The molecule has 3 aromatic rings. The molecule has 0 bridgehead atoms. The van der Waals surface area contributed by atoms with Gasteiger partial charge in [-0.1, -0.05) is 60.7 Å². The average molecular weight is 386 g/mol. The monoisotopic (exact) mass is 386 g/mol. The Morgan fingerprint density at radius 3 is 1.76 bits per heavy atom. The molecule has 1 aliphatic heterocycles. The van der Waals surface area contributed by atoms with Gasteiger partial charge < -0.3 is 9.80 Å². The normalized spacial score (nSPS) is 14.3. The number of carbonyl (C=O) groups excluding carboxylic acids is 1. The van der Waals surface area contributed by atoms with Crippen molar-refractivity contribution in [3.63, 3.8) is 0 Å². The lowest BCUT2D eigenvalue weighted by atomic mass is 9.90. The van der Waals surface area contributed by atoms with Crippen molar-refractivity contribution in [2.24, 2.45) is 0 Å². The minimum Gasteiger partial charge on any atom is -0.338 e. The average Bonchev–Trinajstić information content (AvgIpc) is 2.75. The molecule has 1 aromatic heterocycles. The van der Waals surface area contributed by atoms with Gasteiger partial charge in [0.15, 0.2) is 0 Å². The van der Waals surface area contributed by atoms with Crippen LogP contribution in [0.25, 0.3) is 0 Å². The van der Waals surface area contributed by atoms with Gasteiger partial charge in [0.05, 0.1) is 5.92 Å². The van der Waals surface area contributed by atoms with Crippen LogP contribution in [-0.4, -0.2) is 47.0 Å². The van der Waals surface area contributed by atoms with Crippen molar-refractivity contribution < 1.29 is 4.79 Å². The summed E-state index contributed by atoms with van der Waals surface area (Å²) in [7, 11) is 0. The van der Waals surface area contributed by atoms with E-state index < -0.39 is 0 Å². The van der Waals surface area contributed by atoms with E-state index in [1.807, 2.05) is 85.5 Å².